The van der Waals surface area contributed by atoms with Crippen molar-refractivity contribution >= 4 is 35.4 Å². The Hall–Kier alpha value is -3.92. The van der Waals surface area contributed by atoms with Gasteiger partial charge in [-0.1, -0.05) is 36.4 Å². The van der Waals surface area contributed by atoms with E-state index in [0.717, 1.165) is 30.2 Å². The van der Waals surface area contributed by atoms with Crippen LogP contribution in [0.1, 0.15) is 0 Å². The molecule has 0 aromatic heterocycles. The highest BCUT2D eigenvalue weighted by Crippen LogP contribution is 2.32. The summed E-state index contributed by atoms with van der Waals surface area (Å²) in [6, 6.07) is 14.3. The van der Waals surface area contributed by atoms with Crippen LogP contribution in [0.15, 0.2) is 53.5 Å². The molecule has 0 aliphatic rings. The Morgan fingerprint density at radius 3 is 2.30 bits per heavy atom. The number of hydrogen-bond donors (Lipinski definition) is 2. The van der Waals surface area contributed by atoms with Crippen LogP contribution in [-0.4, -0.2) is 52.0 Å². The summed E-state index contributed by atoms with van der Waals surface area (Å²) < 4.78 is 14.1. The second kappa shape index (κ2) is 10.6. The molecule has 0 bridgehead atoms. The Morgan fingerprint density at radius 1 is 1.00 bits per heavy atom. The standard InChI is InChI=1S/C20H22N4O6/c1-28-12-17(25)22-15-11-14(13-7-5-4-6-8-13)9-10-16(15)24(20(27)30-3)18(21)23-19(26)29-2/h4-11H,12H2,1-3H3,(H,22,25)(H2,21,23,26). The molecule has 0 aliphatic carbocycles. The van der Waals surface area contributed by atoms with Crippen molar-refractivity contribution in [3.63, 3.8) is 0 Å². The summed E-state index contributed by atoms with van der Waals surface area (Å²) in [5.74, 6) is -0.958. The lowest BCUT2D eigenvalue weighted by Gasteiger charge is -2.23. The first-order valence-corrected chi connectivity index (χ1v) is 8.69. The van der Waals surface area contributed by atoms with Gasteiger partial charge in [0.2, 0.25) is 11.9 Å². The van der Waals surface area contributed by atoms with Crippen molar-refractivity contribution in [1.29, 1.82) is 0 Å². The van der Waals surface area contributed by atoms with E-state index in [0.29, 0.717) is 0 Å². The molecule has 0 saturated heterocycles. The van der Waals surface area contributed by atoms with Crippen LogP contribution >= 0.6 is 0 Å². The first kappa shape index (κ1) is 22.4. The number of guanidine groups is 1. The van der Waals surface area contributed by atoms with Gasteiger partial charge in [-0.15, -0.1) is 4.99 Å². The number of carbonyl (C=O) groups is 3. The topological polar surface area (TPSA) is 133 Å². The van der Waals surface area contributed by atoms with Crippen molar-refractivity contribution in [2.75, 3.05) is 38.2 Å². The van der Waals surface area contributed by atoms with Crippen LogP contribution in [0.25, 0.3) is 11.1 Å². The predicted octanol–water partition coefficient (Wildman–Crippen LogP) is 2.59. The van der Waals surface area contributed by atoms with E-state index in [9.17, 15) is 14.4 Å². The highest BCUT2D eigenvalue weighted by molar-refractivity contribution is 6.17. The molecule has 30 heavy (non-hydrogen) atoms. The lowest BCUT2D eigenvalue weighted by molar-refractivity contribution is -0.119. The molecule has 0 radical (unpaired) electrons. The van der Waals surface area contributed by atoms with Gasteiger partial charge in [0.15, 0.2) is 0 Å². The molecule has 0 spiro atoms. The van der Waals surface area contributed by atoms with Gasteiger partial charge in [-0.05, 0) is 23.3 Å². The molecule has 3 amide bonds. The van der Waals surface area contributed by atoms with Crippen molar-refractivity contribution in [3.8, 4) is 11.1 Å². The SMILES string of the molecule is COCC(=O)Nc1cc(-c2ccccc2)ccc1N(C(=O)OC)C(N)=NC(=O)OC. The normalized spacial score (nSPS) is 10.8. The van der Waals surface area contributed by atoms with Crippen molar-refractivity contribution < 1.29 is 28.6 Å². The minimum atomic E-state index is -1.01. The highest BCUT2D eigenvalue weighted by atomic mass is 16.5. The molecule has 2 rings (SSSR count). The van der Waals surface area contributed by atoms with Crippen LogP contribution < -0.4 is 16.0 Å². The average Bonchev–Trinajstić information content (AvgIpc) is 2.75. The van der Waals surface area contributed by atoms with Gasteiger partial charge < -0.3 is 25.3 Å². The number of aliphatic imine (C=N–C) groups is 1. The lowest BCUT2D eigenvalue weighted by atomic mass is 10.0. The Labute approximate surface area is 173 Å². The Morgan fingerprint density at radius 2 is 1.70 bits per heavy atom. The van der Waals surface area contributed by atoms with Crippen LogP contribution in [0, 0.1) is 0 Å². The fourth-order valence-corrected chi connectivity index (χ4v) is 2.55. The third-order valence-corrected chi connectivity index (χ3v) is 3.86. The van der Waals surface area contributed by atoms with E-state index in [2.05, 4.69) is 15.0 Å². The molecule has 2 aromatic rings. The van der Waals surface area contributed by atoms with Gasteiger partial charge in [0.25, 0.3) is 0 Å². The summed E-state index contributed by atoms with van der Waals surface area (Å²) in [6.07, 6.45) is -1.93. The molecule has 10 nitrogen and oxygen atoms in total. The molecule has 0 unspecified atom stereocenters. The van der Waals surface area contributed by atoms with Crippen molar-refractivity contribution in [1.82, 2.24) is 0 Å². The first-order valence-electron chi connectivity index (χ1n) is 8.69. The zero-order valence-electron chi connectivity index (χ0n) is 16.7. The maximum atomic E-state index is 12.4. The second-order valence-electron chi connectivity index (χ2n) is 5.82. The molecular weight excluding hydrogens is 392 g/mol. The molecule has 0 atom stereocenters. The molecule has 0 heterocycles. The number of benzene rings is 2. The number of nitrogens with one attached hydrogen (secondary N) is 1. The minimum absolute atomic E-state index is 0.135. The van der Waals surface area contributed by atoms with Crippen LogP contribution in [-0.2, 0) is 19.0 Å². The van der Waals surface area contributed by atoms with Gasteiger partial charge in [0.1, 0.15) is 6.61 Å². The zero-order valence-corrected chi connectivity index (χ0v) is 16.7. The van der Waals surface area contributed by atoms with Crippen LogP contribution in [0.4, 0.5) is 21.0 Å². The van der Waals surface area contributed by atoms with Gasteiger partial charge in [-0.3, -0.25) is 4.79 Å². The number of rotatable bonds is 5. The summed E-state index contributed by atoms with van der Waals surface area (Å²) in [7, 11) is 3.64. The van der Waals surface area contributed by atoms with Crippen LogP contribution in [0.5, 0.6) is 0 Å². The number of carbonyl (C=O) groups excluding carboxylic acids is 3. The fraction of sp³-hybridized carbons (Fsp3) is 0.200. The summed E-state index contributed by atoms with van der Waals surface area (Å²) in [6.45, 7) is -0.209. The summed E-state index contributed by atoms with van der Waals surface area (Å²) >= 11 is 0. The number of anilines is 2. The summed E-state index contributed by atoms with van der Waals surface area (Å²) in [5, 5.41) is 2.66. The maximum Gasteiger partial charge on any atom is 0.436 e. The number of nitrogens with two attached hydrogens (primary N) is 1. The molecule has 0 fully saturated rings. The molecule has 3 N–H and O–H groups in total. The quantitative estimate of drug-likeness (QED) is 0.567. The molecule has 10 heteroatoms. The Balaban J connectivity index is 2.61. The van der Waals surface area contributed by atoms with Crippen LogP contribution in [0.3, 0.4) is 0 Å². The van der Waals surface area contributed by atoms with Crippen molar-refractivity contribution in [2.24, 2.45) is 10.7 Å². The van der Waals surface area contributed by atoms with Crippen molar-refractivity contribution in [2.45, 2.75) is 0 Å². The fourth-order valence-electron chi connectivity index (χ4n) is 2.55. The van der Waals surface area contributed by atoms with Gasteiger partial charge in [0.05, 0.1) is 25.6 Å². The smallest absolute Gasteiger partial charge is 0.436 e. The van der Waals surface area contributed by atoms with E-state index >= 15 is 0 Å². The first-order chi connectivity index (χ1) is 14.4. The molecular formula is C20H22N4O6. The van der Waals surface area contributed by atoms with E-state index in [1.807, 2.05) is 30.3 Å². The van der Waals surface area contributed by atoms with Crippen LogP contribution in [0.2, 0.25) is 0 Å². The number of hydrogen-bond acceptors (Lipinski definition) is 6. The van der Waals surface area contributed by atoms with E-state index < -0.39 is 24.1 Å². The number of methoxy groups -OCH3 is 3. The van der Waals surface area contributed by atoms with Gasteiger partial charge in [0, 0.05) is 7.11 Å². The maximum absolute atomic E-state index is 12.4. The molecule has 0 saturated carbocycles. The third kappa shape index (κ3) is 5.55. The number of nitrogens with zero attached hydrogens (tertiary/aromatic N) is 2. The predicted molar refractivity (Wildman–Crippen MR) is 111 cm³/mol. The van der Waals surface area contributed by atoms with Crippen molar-refractivity contribution in [3.05, 3.63) is 48.5 Å². The summed E-state index contributed by atoms with van der Waals surface area (Å²) in [4.78, 5) is 40.4. The largest absolute Gasteiger partial charge is 0.452 e. The number of ether oxygens (including phenoxy) is 3. The monoisotopic (exact) mass is 414 g/mol. The second-order valence-corrected chi connectivity index (χ2v) is 5.82. The van der Waals surface area contributed by atoms with Gasteiger partial charge >= 0.3 is 12.2 Å². The highest BCUT2D eigenvalue weighted by Gasteiger charge is 2.25. The minimum Gasteiger partial charge on any atom is -0.452 e. The Kier molecular flexibility index (Phi) is 7.89. The molecule has 2 aromatic carbocycles. The van der Waals surface area contributed by atoms with E-state index in [4.69, 9.17) is 15.2 Å². The summed E-state index contributed by atoms with van der Waals surface area (Å²) in [5.41, 5.74) is 7.86. The zero-order chi connectivity index (χ0) is 22.1. The number of amides is 3. The van der Waals surface area contributed by atoms with E-state index in [1.54, 1.807) is 18.2 Å². The lowest BCUT2D eigenvalue weighted by Crippen LogP contribution is -2.43. The molecule has 0 aliphatic heterocycles. The van der Waals surface area contributed by atoms with E-state index in [1.165, 1.54) is 7.11 Å². The van der Waals surface area contributed by atoms with Gasteiger partial charge in [-0.2, -0.15) is 0 Å². The average molecular weight is 414 g/mol. The molecule has 158 valence electrons. The van der Waals surface area contributed by atoms with E-state index in [-0.39, 0.29) is 18.0 Å². The van der Waals surface area contributed by atoms with Gasteiger partial charge in [-0.25, -0.2) is 14.5 Å². The third-order valence-electron chi connectivity index (χ3n) is 3.86. The Bertz CT molecular complexity index is 946.